The molecule has 4 heterocycles. The molecule has 3 saturated heterocycles. The van der Waals surface area contributed by atoms with Gasteiger partial charge < -0.3 is 26.4 Å². The second-order valence-electron chi connectivity index (χ2n) is 8.50. The average Bonchev–Trinajstić information content (AvgIpc) is 2.83. The Balaban J connectivity index is 0.000000312. The number of ether oxygens (including phenoxy) is 1. The third-order valence-corrected chi connectivity index (χ3v) is 6.61. The molecule has 3 aliphatic heterocycles. The number of carboxylic acids is 1. The van der Waals surface area contributed by atoms with E-state index < -0.39 is 18.1 Å². The van der Waals surface area contributed by atoms with E-state index in [9.17, 15) is 9.90 Å². The summed E-state index contributed by atoms with van der Waals surface area (Å²) in [7, 11) is 1.66. The summed E-state index contributed by atoms with van der Waals surface area (Å²) in [5, 5.41) is 20.3. The maximum atomic E-state index is 11.2. The summed E-state index contributed by atoms with van der Waals surface area (Å²) >= 11 is 0. The van der Waals surface area contributed by atoms with Gasteiger partial charge in [-0.3, -0.25) is 14.7 Å². The highest BCUT2D eigenvalue weighted by atomic mass is 16.5. The number of hydrogen-bond donors (Lipinski definition) is 4. The van der Waals surface area contributed by atoms with Crippen molar-refractivity contribution in [1.29, 1.82) is 0 Å². The zero-order valence-corrected chi connectivity index (χ0v) is 18.6. The predicted octanol–water partition coefficient (Wildman–Crippen LogP) is 1.92. The Morgan fingerprint density at radius 1 is 1.44 bits per heavy atom. The van der Waals surface area contributed by atoms with Crippen molar-refractivity contribution in [3.8, 4) is 5.75 Å². The lowest BCUT2D eigenvalue weighted by Crippen LogP contribution is -2.54. The van der Waals surface area contributed by atoms with E-state index in [4.69, 9.17) is 21.3 Å². The number of carbonyl (C=O) groups is 1. The monoisotopic (exact) mass is 442 g/mol. The number of nitrogens with two attached hydrogens (primary N) is 2. The van der Waals surface area contributed by atoms with Crippen LogP contribution in [0.25, 0.3) is 10.9 Å². The highest BCUT2D eigenvalue weighted by Crippen LogP contribution is 2.42. The van der Waals surface area contributed by atoms with Crippen molar-refractivity contribution in [2.75, 3.05) is 26.7 Å². The molecule has 8 heteroatoms. The summed E-state index contributed by atoms with van der Waals surface area (Å²) in [6.45, 7) is 6.40. The van der Waals surface area contributed by atoms with E-state index in [-0.39, 0.29) is 6.04 Å². The van der Waals surface area contributed by atoms with Crippen molar-refractivity contribution < 1.29 is 19.7 Å². The topological polar surface area (TPSA) is 135 Å². The molecule has 0 radical (unpaired) electrons. The molecule has 6 N–H and O–H groups in total. The number of carboxylic acid groups (broad SMARTS) is 1. The van der Waals surface area contributed by atoms with E-state index in [1.165, 1.54) is 6.42 Å². The summed E-state index contributed by atoms with van der Waals surface area (Å²) in [5.41, 5.74) is 11.9. The molecule has 2 bridgehead atoms. The summed E-state index contributed by atoms with van der Waals surface area (Å²) in [4.78, 5) is 16.8. The lowest BCUT2D eigenvalue weighted by molar-refractivity contribution is -0.138. The van der Waals surface area contributed by atoms with Crippen LogP contribution in [0.2, 0.25) is 0 Å². The fraction of sp³-hybridized carbons (Fsp3) is 0.500. The van der Waals surface area contributed by atoms with Crippen LogP contribution in [0.4, 0.5) is 0 Å². The Bertz CT molecular complexity index is 937. The third-order valence-electron chi connectivity index (χ3n) is 6.61. The minimum atomic E-state index is -0.990. The van der Waals surface area contributed by atoms with Gasteiger partial charge in [-0.25, -0.2) is 0 Å². The van der Waals surface area contributed by atoms with Gasteiger partial charge in [0.25, 0.3) is 0 Å². The van der Waals surface area contributed by atoms with Crippen LogP contribution in [0, 0.1) is 11.8 Å². The predicted molar refractivity (Wildman–Crippen MR) is 124 cm³/mol. The van der Waals surface area contributed by atoms with Gasteiger partial charge in [-0.2, -0.15) is 0 Å². The zero-order chi connectivity index (χ0) is 23.3. The molecule has 1 aromatic heterocycles. The number of rotatable bonds is 7. The van der Waals surface area contributed by atoms with E-state index in [0.29, 0.717) is 24.8 Å². The molecule has 1 aromatic carbocycles. The van der Waals surface area contributed by atoms with Gasteiger partial charge in [0.15, 0.2) is 0 Å². The number of aliphatic carboxylic acids is 1. The van der Waals surface area contributed by atoms with Gasteiger partial charge in [-0.15, -0.1) is 6.58 Å². The number of piperidine rings is 3. The minimum absolute atomic E-state index is 0.178. The Morgan fingerprint density at radius 2 is 2.22 bits per heavy atom. The van der Waals surface area contributed by atoms with E-state index in [1.807, 2.05) is 24.3 Å². The number of pyridine rings is 1. The smallest absolute Gasteiger partial charge is 0.320 e. The SMILES string of the molecule is C=C[C@H]1CN2CC[C@H]1C[C@H]2[C@H](O)c1ccnc2ccc(OC)cc12.NCCC(N)C(=O)O. The summed E-state index contributed by atoms with van der Waals surface area (Å²) < 4.78 is 5.35. The summed E-state index contributed by atoms with van der Waals surface area (Å²) in [5.74, 6) is 1.02. The lowest BCUT2D eigenvalue weighted by Gasteiger charge is -2.50. The highest BCUT2D eigenvalue weighted by Gasteiger charge is 2.42. The zero-order valence-electron chi connectivity index (χ0n) is 18.6. The number of fused-ring (bicyclic) bond motifs is 4. The maximum Gasteiger partial charge on any atom is 0.320 e. The van der Waals surface area contributed by atoms with Crippen molar-refractivity contribution in [2.24, 2.45) is 23.3 Å². The van der Waals surface area contributed by atoms with Crippen LogP contribution >= 0.6 is 0 Å². The van der Waals surface area contributed by atoms with Gasteiger partial charge in [-0.1, -0.05) is 6.08 Å². The molecule has 174 valence electrons. The number of aliphatic hydroxyl groups is 1. The molecule has 8 nitrogen and oxygen atoms in total. The maximum absolute atomic E-state index is 11.2. The van der Waals surface area contributed by atoms with E-state index in [2.05, 4.69) is 22.5 Å². The normalized spacial score (nSPS) is 26.0. The summed E-state index contributed by atoms with van der Waals surface area (Å²) in [6.07, 6.45) is 5.96. The molecule has 0 amide bonds. The van der Waals surface area contributed by atoms with E-state index in [0.717, 1.165) is 41.7 Å². The van der Waals surface area contributed by atoms with Gasteiger partial charge >= 0.3 is 5.97 Å². The van der Waals surface area contributed by atoms with Crippen molar-refractivity contribution in [3.63, 3.8) is 0 Å². The standard InChI is InChI=1S/C20H24N2O2.C4H10N2O2/c1-3-13-12-22-9-7-14(13)10-19(22)20(23)16-6-8-21-18-5-4-15(24-2)11-17(16)18;5-2-1-3(6)4(7)8/h3-6,8,11,13-14,19-20,23H,1,7,9-10,12H2,2H3;3H,1-2,5-6H2,(H,7,8)/t13-,14-,19-,20+;/m0./s1. The van der Waals surface area contributed by atoms with Gasteiger partial charge in [-0.05, 0) is 74.0 Å². The minimum Gasteiger partial charge on any atom is -0.497 e. The van der Waals surface area contributed by atoms with E-state index >= 15 is 0 Å². The molecule has 3 fully saturated rings. The van der Waals surface area contributed by atoms with Crippen LogP contribution in [0.1, 0.15) is 30.9 Å². The van der Waals surface area contributed by atoms with Crippen molar-refractivity contribution in [1.82, 2.24) is 9.88 Å². The molecule has 0 spiro atoms. The van der Waals surface area contributed by atoms with Crippen LogP contribution in [0.15, 0.2) is 43.1 Å². The molecule has 0 saturated carbocycles. The fourth-order valence-corrected chi connectivity index (χ4v) is 4.75. The second-order valence-corrected chi connectivity index (χ2v) is 8.50. The molecule has 5 rings (SSSR count). The quantitative estimate of drug-likeness (QED) is 0.478. The van der Waals surface area contributed by atoms with Gasteiger partial charge in [0, 0.05) is 24.2 Å². The second kappa shape index (κ2) is 10.9. The number of aliphatic hydroxyl groups excluding tert-OH is 1. The lowest BCUT2D eigenvalue weighted by atomic mass is 9.73. The Kier molecular flexibility index (Phi) is 8.20. The van der Waals surface area contributed by atoms with Crippen LogP contribution in [0.5, 0.6) is 5.75 Å². The fourth-order valence-electron chi connectivity index (χ4n) is 4.75. The molecule has 2 unspecified atom stereocenters. The van der Waals surface area contributed by atoms with Crippen molar-refractivity contribution >= 4 is 16.9 Å². The third kappa shape index (κ3) is 5.27. The molecule has 0 aliphatic carbocycles. The number of hydrogen-bond acceptors (Lipinski definition) is 7. The largest absolute Gasteiger partial charge is 0.497 e. The first-order chi connectivity index (χ1) is 15.4. The molecule has 3 aliphatic rings. The van der Waals surface area contributed by atoms with Gasteiger partial charge in [0.2, 0.25) is 0 Å². The van der Waals surface area contributed by atoms with Gasteiger partial charge in [0.05, 0.1) is 18.7 Å². The van der Waals surface area contributed by atoms with E-state index in [1.54, 1.807) is 13.3 Å². The molecular weight excluding hydrogens is 408 g/mol. The average molecular weight is 443 g/mol. The number of nitrogens with zero attached hydrogens (tertiary/aromatic N) is 2. The number of methoxy groups -OCH3 is 1. The summed E-state index contributed by atoms with van der Waals surface area (Å²) in [6, 6.07) is 7.17. The molecular formula is C24H34N4O4. The van der Waals surface area contributed by atoms with Crippen molar-refractivity contribution in [2.45, 2.75) is 37.5 Å². The van der Waals surface area contributed by atoms with Gasteiger partial charge in [0.1, 0.15) is 11.8 Å². The Labute approximate surface area is 188 Å². The molecule has 2 aromatic rings. The van der Waals surface area contributed by atoms with Crippen LogP contribution < -0.4 is 16.2 Å². The first-order valence-corrected chi connectivity index (χ1v) is 11.0. The number of aromatic nitrogens is 1. The Morgan fingerprint density at radius 3 is 2.78 bits per heavy atom. The van der Waals surface area contributed by atoms with Crippen LogP contribution in [-0.4, -0.2) is 64.9 Å². The Hall–Kier alpha value is -2.52. The van der Waals surface area contributed by atoms with Crippen LogP contribution in [0.3, 0.4) is 0 Å². The first kappa shape index (κ1) is 24.1. The highest BCUT2D eigenvalue weighted by molar-refractivity contribution is 5.84. The molecule has 32 heavy (non-hydrogen) atoms. The number of benzene rings is 1. The van der Waals surface area contributed by atoms with Crippen molar-refractivity contribution in [3.05, 3.63) is 48.7 Å². The first-order valence-electron chi connectivity index (χ1n) is 11.0. The van der Waals surface area contributed by atoms with Crippen LogP contribution in [-0.2, 0) is 4.79 Å². The molecule has 6 atom stereocenters.